The summed E-state index contributed by atoms with van der Waals surface area (Å²) in [7, 11) is 0. The minimum atomic E-state index is -0.116. The Morgan fingerprint density at radius 2 is 0.935 bits per heavy atom. The van der Waals surface area contributed by atoms with Gasteiger partial charge in [-0.05, 0) is 68.5 Å². The number of rotatable bonds is 4. The van der Waals surface area contributed by atoms with Crippen molar-refractivity contribution in [1.29, 1.82) is 0 Å². The fraction of sp³-hybridized carbons (Fsp3) is 0.357. The van der Waals surface area contributed by atoms with Gasteiger partial charge in [0.15, 0.2) is 0 Å². The predicted molar refractivity (Wildman–Crippen MR) is 127 cm³/mol. The molecule has 0 heterocycles. The number of hydrogen-bond donors (Lipinski definition) is 3. The van der Waals surface area contributed by atoms with Gasteiger partial charge in [-0.3, -0.25) is 0 Å². The Morgan fingerprint density at radius 3 is 1.29 bits per heavy atom. The van der Waals surface area contributed by atoms with E-state index < -0.39 is 0 Å². The minimum absolute atomic E-state index is 0.116. The first-order chi connectivity index (χ1) is 14.4. The van der Waals surface area contributed by atoms with Gasteiger partial charge in [-0.25, -0.2) is 0 Å². The number of para-hydroxylation sites is 1. The van der Waals surface area contributed by atoms with Gasteiger partial charge in [0.2, 0.25) is 0 Å². The van der Waals surface area contributed by atoms with Crippen molar-refractivity contribution in [3.8, 4) is 17.2 Å². The van der Waals surface area contributed by atoms with E-state index in [4.69, 9.17) is 0 Å². The van der Waals surface area contributed by atoms with Crippen LogP contribution in [-0.4, -0.2) is 15.3 Å². The molecule has 0 radical (unpaired) electrons. The van der Waals surface area contributed by atoms with Crippen LogP contribution in [0.4, 0.5) is 0 Å². The lowest BCUT2D eigenvalue weighted by Crippen LogP contribution is -2.15. The Kier molecular flexibility index (Phi) is 6.09. The largest absolute Gasteiger partial charge is 0.508 e. The lowest BCUT2D eigenvalue weighted by atomic mass is 9.81. The first kappa shape index (κ1) is 22.7. The monoisotopic (exact) mass is 418 g/mol. The fourth-order valence-corrected chi connectivity index (χ4v) is 4.17. The Morgan fingerprint density at radius 1 is 0.548 bits per heavy atom. The number of hydrogen-bond acceptors (Lipinski definition) is 3. The van der Waals surface area contributed by atoms with Crippen LogP contribution in [-0.2, 0) is 23.7 Å². The maximum Gasteiger partial charge on any atom is 0.122 e. The average molecular weight is 419 g/mol. The molecule has 3 N–H and O–H groups in total. The van der Waals surface area contributed by atoms with Gasteiger partial charge >= 0.3 is 0 Å². The number of phenols is 3. The molecule has 3 nitrogen and oxygen atoms in total. The quantitative estimate of drug-likeness (QED) is 0.448. The zero-order valence-electron chi connectivity index (χ0n) is 19.5. The summed E-state index contributed by atoms with van der Waals surface area (Å²) in [5.74, 6) is 0.825. The molecule has 0 fully saturated rings. The summed E-state index contributed by atoms with van der Waals surface area (Å²) in [6.45, 7) is 12.8. The summed E-state index contributed by atoms with van der Waals surface area (Å²) in [4.78, 5) is 0. The predicted octanol–water partition coefficient (Wildman–Crippen LogP) is 6.58. The molecular weight excluding hydrogens is 384 g/mol. The molecule has 3 aromatic carbocycles. The van der Waals surface area contributed by atoms with E-state index >= 15 is 0 Å². The Balaban J connectivity index is 1.98. The molecule has 0 atom stereocenters. The van der Waals surface area contributed by atoms with Crippen LogP contribution in [0.15, 0.2) is 54.6 Å². The van der Waals surface area contributed by atoms with E-state index in [1.54, 1.807) is 12.1 Å². The van der Waals surface area contributed by atoms with E-state index in [-0.39, 0.29) is 22.3 Å². The molecule has 3 heteroatoms. The maximum absolute atomic E-state index is 11.1. The Bertz CT molecular complexity index is 999. The summed E-state index contributed by atoms with van der Waals surface area (Å²) < 4.78 is 0. The molecule has 164 valence electrons. The van der Waals surface area contributed by atoms with Gasteiger partial charge in [0.25, 0.3) is 0 Å². The molecule has 0 amide bonds. The van der Waals surface area contributed by atoms with Crippen LogP contribution in [0.3, 0.4) is 0 Å². The van der Waals surface area contributed by atoms with Crippen molar-refractivity contribution in [2.24, 2.45) is 0 Å². The molecule has 3 aromatic rings. The molecular formula is C28H34O3. The molecule has 0 aliphatic rings. The molecule has 0 aromatic heterocycles. The third-order valence-corrected chi connectivity index (χ3v) is 5.77. The second kappa shape index (κ2) is 8.30. The van der Waals surface area contributed by atoms with E-state index in [2.05, 4.69) is 41.5 Å². The highest BCUT2D eigenvalue weighted by molar-refractivity contribution is 5.50. The second-order valence-electron chi connectivity index (χ2n) is 10.5. The van der Waals surface area contributed by atoms with Gasteiger partial charge in [-0.2, -0.15) is 0 Å². The van der Waals surface area contributed by atoms with Crippen molar-refractivity contribution in [1.82, 2.24) is 0 Å². The lowest BCUT2D eigenvalue weighted by molar-refractivity contribution is 0.462. The zero-order chi connectivity index (χ0) is 23.0. The molecule has 31 heavy (non-hydrogen) atoms. The number of aromatic hydroxyl groups is 3. The molecule has 0 saturated heterocycles. The molecule has 0 bridgehead atoms. The SMILES string of the molecule is CC(C)(C)c1cc(O)ccc1Cc1cccc(Cc2ccc(O)cc2C(C)(C)C)c1O. The van der Waals surface area contributed by atoms with Gasteiger partial charge in [0.1, 0.15) is 17.2 Å². The summed E-state index contributed by atoms with van der Waals surface area (Å²) in [6, 6.07) is 16.8. The third kappa shape index (κ3) is 5.22. The average Bonchev–Trinajstić information content (AvgIpc) is 2.66. The maximum atomic E-state index is 11.1. The standard InChI is InChI=1S/C28H34O3/c1-27(2,3)24-16-22(29)12-10-18(24)14-20-8-7-9-21(26(20)31)15-19-11-13-23(30)17-25(19)28(4,5)6/h7-13,16-17,29-31H,14-15H2,1-6H3. The summed E-state index contributed by atoms with van der Waals surface area (Å²) >= 11 is 0. The lowest BCUT2D eigenvalue weighted by Gasteiger charge is -2.24. The van der Waals surface area contributed by atoms with Crippen LogP contribution >= 0.6 is 0 Å². The fourth-order valence-electron chi connectivity index (χ4n) is 4.17. The first-order valence-corrected chi connectivity index (χ1v) is 10.8. The normalized spacial score (nSPS) is 12.2. The summed E-state index contributed by atoms with van der Waals surface area (Å²) in [5, 5.41) is 31.1. The molecule has 0 aliphatic heterocycles. The van der Waals surface area contributed by atoms with Crippen molar-refractivity contribution in [3.63, 3.8) is 0 Å². The summed E-state index contributed by atoms with van der Waals surface area (Å²) in [6.07, 6.45) is 1.18. The van der Waals surface area contributed by atoms with Crippen molar-refractivity contribution in [2.75, 3.05) is 0 Å². The van der Waals surface area contributed by atoms with Gasteiger partial charge in [0, 0.05) is 12.8 Å². The van der Waals surface area contributed by atoms with Crippen molar-refractivity contribution in [3.05, 3.63) is 88.0 Å². The van der Waals surface area contributed by atoms with Gasteiger partial charge in [0.05, 0.1) is 0 Å². The van der Waals surface area contributed by atoms with Crippen molar-refractivity contribution < 1.29 is 15.3 Å². The van der Waals surface area contributed by atoms with Gasteiger partial charge < -0.3 is 15.3 Å². The molecule has 0 spiro atoms. The van der Waals surface area contributed by atoms with Crippen molar-refractivity contribution >= 4 is 0 Å². The van der Waals surface area contributed by atoms with Crippen LogP contribution in [0, 0.1) is 0 Å². The topological polar surface area (TPSA) is 60.7 Å². The van der Waals surface area contributed by atoms with E-state index in [9.17, 15) is 15.3 Å². The van der Waals surface area contributed by atoms with E-state index in [1.165, 1.54) is 0 Å². The summed E-state index contributed by atoms with van der Waals surface area (Å²) in [5.41, 5.74) is 5.84. The van der Waals surface area contributed by atoms with Crippen LogP contribution in [0.5, 0.6) is 17.2 Å². The van der Waals surface area contributed by atoms with E-state index in [0.717, 1.165) is 33.4 Å². The third-order valence-electron chi connectivity index (χ3n) is 5.77. The molecule has 0 saturated carbocycles. The highest BCUT2D eigenvalue weighted by Gasteiger charge is 2.22. The minimum Gasteiger partial charge on any atom is -0.508 e. The number of phenolic OH excluding ortho intramolecular Hbond substituents is 3. The highest BCUT2D eigenvalue weighted by Crippen LogP contribution is 2.35. The van der Waals surface area contributed by atoms with Gasteiger partial charge in [-0.15, -0.1) is 0 Å². The number of benzene rings is 3. The van der Waals surface area contributed by atoms with Crippen molar-refractivity contribution in [2.45, 2.75) is 65.2 Å². The van der Waals surface area contributed by atoms with Gasteiger partial charge in [-0.1, -0.05) is 71.9 Å². The smallest absolute Gasteiger partial charge is 0.122 e. The molecule has 3 rings (SSSR count). The molecule has 0 unspecified atom stereocenters. The van der Waals surface area contributed by atoms with Crippen LogP contribution in [0.1, 0.15) is 74.9 Å². The second-order valence-corrected chi connectivity index (χ2v) is 10.5. The van der Waals surface area contributed by atoms with E-state index in [1.807, 2.05) is 42.5 Å². The van der Waals surface area contributed by atoms with E-state index in [0.29, 0.717) is 18.6 Å². The van der Waals surface area contributed by atoms with Crippen LogP contribution in [0.2, 0.25) is 0 Å². The highest BCUT2D eigenvalue weighted by atomic mass is 16.3. The van der Waals surface area contributed by atoms with Crippen LogP contribution < -0.4 is 0 Å². The Labute approximate surface area is 186 Å². The zero-order valence-corrected chi connectivity index (χ0v) is 19.5. The Hall–Kier alpha value is -2.94. The van der Waals surface area contributed by atoms with Crippen LogP contribution in [0.25, 0.3) is 0 Å². The first-order valence-electron chi connectivity index (χ1n) is 10.8. The molecule has 0 aliphatic carbocycles.